The van der Waals surface area contributed by atoms with Gasteiger partial charge in [0.2, 0.25) is 0 Å². The van der Waals surface area contributed by atoms with Crippen molar-refractivity contribution >= 4 is 12.6 Å². The number of carbonyl (C=O) groups excluding carboxylic acids is 2. The molecule has 0 aromatic rings. The second-order valence-corrected chi connectivity index (χ2v) is 0.702. The van der Waals surface area contributed by atoms with Crippen LogP contribution in [0.15, 0.2) is 0 Å². The Morgan fingerprint density at radius 2 is 1.00 bits per heavy atom. The van der Waals surface area contributed by atoms with Gasteiger partial charge in [0.15, 0.2) is 0 Å². The molecular weight excluding hydrogens is 269 g/mol. The van der Waals surface area contributed by atoms with E-state index >= 15 is 0 Å². The molecule has 0 saturated carbocycles. The minimum atomic E-state index is 0. The van der Waals surface area contributed by atoms with E-state index in [0.29, 0.717) is 6.42 Å². The molecule has 0 saturated heterocycles. The summed E-state index contributed by atoms with van der Waals surface area (Å²) < 4.78 is 0. The van der Waals surface area contributed by atoms with Crippen LogP contribution in [-0.4, -0.2) is 12.6 Å². The number of hydrogen-bond acceptors (Lipinski definition) is 2. The molecule has 0 aliphatic rings. The molecule has 2 nitrogen and oxygen atoms in total. The van der Waals surface area contributed by atoms with Gasteiger partial charge in [0.05, 0.1) is 0 Å². The van der Waals surface area contributed by atoms with Crippen molar-refractivity contribution < 1.29 is 164 Å². The maximum atomic E-state index is 9.05. The van der Waals surface area contributed by atoms with Gasteiger partial charge in [-0.05, 0) is 0 Å². The van der Waals surface area contributed by atoms with Crippen molar-refractivity contribution in [2.24, 2.45) is 0 Å². The molecule has 0 fully saturated rings. The molecule has 0 aliphatic carbocycles. The first-order valence-electron chi connectivity index (χ1n) is 2.68. The Morgan fingerprint density at radius 1 is 0.933 bits per heavy atom. The topological polar surface area (TPSA) is 34.1 Å². The van der Waals surface area contributed by atoms with E-state index in [9.17, 15) is 0 Å². The van der Waals surface area contributed by atoms with Crippen LogP contribution in [0.1, 0.15) is 27.2 Å². The molecule has 5 heteroatoms. The van der Waals surface area contributed by atoms with Crippen LogP contribution in [0.4, 0.5) is 0 Å². The van der Waals surface area contributed by atoms with E-state index in [-0.39, 0.29) is 176 Å². The van der Waals surface area contributed by atoms with Gasteiger partial charge in [0.25, 0.3) is 0 Å². The maximum absolute atomic E-state index is 9.05. The second-order valence-electron chi connectivity index (χ2n) is 0.702. The third kappa shape index (κ3) is 175. The molecule has 0 atom stereocenters. The fraction of sp³-hybridized carbons (Fsp3) is 0.400. The van der Waals surface area contributed by atoms with Crippen LogP contribution >= 0.6 is 0 Å². The average Bonchev–Trinajstić information content (AvgIpc) is 1.94. The van der Waals surface area contributed by atoms with Crippen molar-refractivity contribution in [1.29, 1.82) is 0 Å². The molecule has 0 amide bonds. The molecule has 0 aromatic carbocycles. The zero-order valence-corrected chi connectivity index (χ0v) is 21.6. The zero-order chi connectivity index (χ0) is 8.12. The van der Waals surface area contributed by atoms with Crippen LogP contribution in [0.25, 0.3) is 0 Å². The Balaban J connectivity index is -0.00000000443. The minimum Gasteiger partial charge on any atom is -0.542 e. The van der Waals surface area contributed by atoms with Crippen molar-refractivity contribution in [3.05, 3.63) is 29.2 Å². The summed E-state index contributed by atoms with van der Waals surface area (Å²) in [6.07, 6.45) is 3.69. The average molecular weight is 292 g/mol. The van der Waals surface area contributed by atoms with Crippen LogP contribution in [0.2, 0.25) is 0 Å². The maximum Gasteiger partial charge on any atom is 1.00 e. The van der Waals surface area contributed by atoms with Crippen molar-refractivity contribution in [3.63, 3.8) is 0 Å². The predicted octanol–water partition coefficient (Wildman–Crippen LogP) is -6.17. The van der Waals surface area contributed by atoms with Gasteiger partial charge in [-0.1, -0.05) is 6.92 Å². The Labute approximate surface area is 226 Å². The first kappa shape index (κ1) is 61.0. The van der Waals surface area contributed by atoms with Gasteiger partial charge in [-0.2, -0.15) is 20.3 Å². The van der Waals surface area contributed by atoms with E-state index in [1.165, 1.54) is 13.2 Å². The first-order chi connectivity index (χ1) is 4.33. The molecule has 0 heterocycles. The van der Waals surface area contributed by atoms with Crippen molar-refractivity contribution in [3.8, 4) is 0 Å². The van der Waals surface area contributed by atoms with Crippen molar-refractivity contribution in [2.75, 3.05) is 0 Å². The third-order valence-electron chi connectivity index (χ3n) is 0.144. The monoisotopic (exact) mass is 291 g/mol. The fourth-order valence-corrected chi connectivity index (χ4v) is 0. The fourth-order valence-electron chi connectivity index (χ4n) is 0. The van der Waals surface area contributed by atoms with Crippen molar-refractivity contribution in [1.82, 2.24) is 0 Å². The van der Waals surface area contributed by atoms with Gasteiger partial charge >= 0.3 is 154 Å². The number of hydrogen-bond donors (Lipinski definition) is 0. The summed E-state index contributed by atoms with van der Waals surface area (Å²) in [4.78, 5) is 17.7. The molecule has 0 N–H and O–H groups in total. The van der Waals surface area contributed by atoms with E-state index in [4.69, 9.17) is 9.59 Å². The van der Waals surface area contributed by atoms with Crippen LogP contribution < -0.4 is 154 Å². The van der Waals surface area contributed by atoms with Gasteiger partial charge in [-0.25, -0.2) is 0 Å². The van der Waals surface area contributed by atoms with Crippen LogP contribution in [0, 0.1) is 29.2 Å². The Hall–Kier alpha value is 4.25. The normalized spacial score (nSPS) is 2.93. The largest absolute Gasteiger partial charge is 1.00 e. The summed E-state index contributed by atoms with van der Waals surface area (Å²) in [7, 11) is 0. The zero-order valence-electron chi connectivity index (χ0n) is 12.2. The van der Waals surface area contributed by atoms with E-state index in [0.717, 1.165) is 0 Å². The van der Waals surface area contributed by atoms with Crippen molar-refractivity contribution in [2.45, 2.75) is 27.2 Å². The summed E-state index contributed by atoms with van der Waals surface area (Å²) >= 11 is 0. The third-order valence-corrected chi connectivity index (χ3v) is 0.144. The Morgan fingerprint density at radius 3 is 1.00 bits per heavy atom. The summed E-state index contributed by atoms with van der Waals surface area (Å²) in [6, 6.07) is 0. The molecule has 80 valence electrons. The standard InChI is InChI=1S/C3H5O.C2H3O.C2H5.3CH3.3K/c1-2-3-4;1-2-3;1-2;;;;;;/h2H2,1H3;1H3;1H2,2H3;3*1H3;;;/q6*-1;3*+1. The molecule has 0 unspecified atom stereocenters. The molecule has 0 spiro atoms. The summed E-state index contributed by atoms with van der Waals surface area (Å²) in [6.45, 7) is 8.08. The van der Waals surface area contributed by atoms with Gasteiger partial charge in [-0.15, -0.1) is 0 Å². The SMILES string of the molecule is CC[C-]=O.C[C-]=O.[CH2-]C.[CH3-].[CH3-].[CH3-].[K+].[K+].[K+]. The van der Waals surface area contributed by atoms with Crippen LogP contribution in [-0.2, 0) is 9.59 Å². The van der Waals surface area contributed by atoms with E-state index in [1.54, 1.807) is 20.1 Å². The smallest absolute Gasteiger partial charge is 0.542 e. The minimum absolute atomic E-state index is 0. The first-order valence-corrected chi connectivity index (χ1v) is 2.68. The summed E-state index contributed by atoms with van der Waals surface area (Å²) in [5, 5.41) is 0. The summed E-state index contributed by atoms with van der Waals surface area (Å²) in [5.41, 5.74) is 0. The van der Waals surface area contributed by atoms with Gasteiger partial charge in [0.1, 0.15) is 0 Å². The molecule has 0 radical (unpaired) electrons. The quantitative estimate of drug-likeness (QED) is 0.356. The molecule has 0 aromatic heterocycles. The predicted molar refractivity (Wildman–Crippen MR) is 57.6 cm³/mol. The molecular formula is C10H22K3O2-3. The van der Waals surface area contributed by atoms with Crippen LogP contribution in [0.5, 0.6) is 0 Å². The summed E-state index contributed by atoms with van der Waals surface area (Å²) in [5.74, 6) is 0. The molecule has 0 aliphatic heterocycles. The Kier molecular flexibility index (Phi) is 420. The Bertz CT molecular complexity index is 53.9. The van der Waals surface area contributed by atoms with Gasteiger partial charge in [0, 0.05) is 0 Å². The van der Waals surface area contributed by atoms with E-state index in [1.807, 2.05) is 0 Å². The number of rotatable bonds is 1. The van der Waals surface area contributed by atoms with E-state index in [2.05, 4.69) is 6.92 Å². The van der Waals surface area contributed by atoms with Gasteiger partial charge < -0.3 is 38.8 Å². The van der Waals surface area contributed by atoms with Gasteiger partial charge in [-0.3, -0.25) is 12.6 Å². The second kappa shape index (κ2) is 103. The van der Waals surface area contributed by atoms with Crippen LogP contribution in [0.3, 0.4) is 0 Å². The molecule has 15 heavy (non-hydrogen) atoms. The molecule has 0 rings (SSSR count). The van der Waals surface area contributed by atoms with E-state index < -0.39 is 0 Å². The molecule has 0 bridgehead atoms.